The minimum atomic E-state index is -0.383. The number of carbonyl (C=O) groups is 1. The number of ether oxygens (including phenoxy) is 1. The molecule has 4 nitrogen and oxygen atoms in total. The van der Waals surface area contributed by atoms with Gasteiger partial charge in [0.1, 0.15) is 0 Å². The summed E-state index contributed by atoms with van der Waals surface area (Å²) in [6.07, 6.45) is 0.761. The van der Waals surface area contributed by atoms with Gasteiger partial charge in [0.25, 0.3) is 0 Å². The Balaban J connectivity index is 1.75. The number of hydrogen-bond acceptors (Lipinski definition) is 3. The quantitative estimate of drug-likeness (QED) is 0.867. The van der Waals surface area contributed by atoms with Crippen molar-refractivity contribution in [3.63, 3.8) is 0 Å². The molecule has 0 atom stereocenters. The lowest BCUT2D eigenvalue weighted by molar-refractivity contribution is -0.129. The molecule has 0 unspecified atom stereocenters. The Labute approximate surface area is 127 Å². The summed E-state index contributed by atoms with van der Waals surface area (Å²) in [5.74, 6) is 0.125. The highest BCUT2D eigenvalue weighted by Gasteiger charge is 2.27. The summed E-state index contributed by atoms with van der Waals surface area (Å²) in [6.45, 7) is 9.13. The highest BCUT2D eigenvalue weighted by atomic mass is 16.5. The minimum absolute atomic E-state index is 0.125. The van der Waals surface area contributed by atoms with E-state index < -0.39 is 0 Å². The predicted molar refractivity (Wildman–Crippen MR) is 84.2 cm³/mol. The standard InChI is InChI=1S/C17H26N2O2/c1-17(2,14-15-6-4-3-5-7-15)16(20)18-8-9-19-10-12-21-13-11-19/h3-7H,8-14H2,1-2H3,(H,18,20). The van der Waals surface area contributed by atoms with Crippen molar-refractivity contribution in [1.29, 1.82) is 0 Å². The molecule has 0 spiro atoms. The van der Waals surface area contributed by atoms with Crippen LogP contribution < -0.4 is 5.32 Å². The van der Waals surface area contributed by atoms with Crippen molar-refractivity contribution < 1.29 is 9.53 Å². The van der Waals surface area contributed by atoms with Gasteiger partial charge < -0.3 is 10.1 Å². The third-order valence-corrected chi connectivity index (χ3v) is 3.92. The third-order valence-electron chi connectivity index (χ3n) is 3.92. The Hall–Kier alpha value is -1.39. The average Bonchev–Trinajstić information content (AvgIpc) is 2.49. The van der Waals surface area contributed by atoms with E-state index in [4.69, 9.17) is 4.74 Å². The van der Waals surface area contributed by atoms with E-state index >= 15 is 0 Å². The molecule has 0 saturated carbocycles. The molecule has 1 aromatic carbocycles. The molecule has 1 saturated heterocycles. The van der Waals surface area contributed by atoms with Gasteiger partial charge in [-0.05, 0) is 12.0 Å². The Morgan fingerprint density at radius 2 is 1.90 bits per heavy atom. The SMILES string of the molecule is CC(C)(Cc1ccccc1)C(=O)NCCN1CCOCC1. The van der Waals surface area contributed by atoms with Crippen LogP contribution in [-0.4, -0.2) is 50.2 Å². The molecule has 1 N–H and O–H groups in total. The van der Waals surface area contributed by atoms with Crippen LogP contribution in [0.15, 0.2) is 30.3 Å². The van der Waals surface area contributed by atoms with Gasteiger partial charge in [0.15, 0.2) is 0 Å². The van der Waals surface area contributed by atoms with Gasteiger partial charge in [0, 0.05) is 31.6 Å². The summed E-state index contributed by atoms with van der Waals surface area (Å²) in [7, 11) is 0. The number of nitrogens with zero attached hydrogens (tertiary/aromatic N) is 1. The Bertz CT molecular complexity index is 439. The van der Waals surface area contributed by atoms with Crippen LogP contribution in [0.3, 0.4) is 0 Å². The van der Waals surface area contributed by atoms with Gasteiger partial charge in [-0.25, -0.2) is 0 Å². The number of amides is 1. The van der Waals surface area contributed by atoms with E-state index in [1.54, 1.807) is 0 Å². The summed E-state index contributed by atoms with van der Waals surface area (Å²) in [5, 5.41) is 3.07. The lowest BCUT2D eigenvalue weighted by atomic mass is 9.85. The van der Waals surface area contributed by atoms with E-state index in [0.717, 1.165) is 39.3 Å². The summed E-state index contributed by atoms with van der Waals surface area (Å²) < 4.78 is 5.32. The van der Waals surface area contributed by atoms with Gasteiger partial charge in [-0.15, -0.1) is 0 Å². The molecule has 1 aliphatic heterocycles. The van der Waals surface area contributed by atoms with Crippen molar-refractivity contribution in [2.24, 2.45) is 5.41 Å². The first kappa shape index (κ1) is 16.0. The van der Waals surface area contributed by atoms with Crippen molar-refractivity contribution in [2.45, 2.75) is 20.3 Å². The van der Waals surface area contributed by atoms with Crippen LogP contribution in [0.25, 0.3) is 0 Å². The molecule has 1 fully saturated rings. The zero-order valence-corrected chi connectivity index (χ0v) is 13.1. The van der Waals surface area contributed by atoms with Crippen molar-refractivity contribution in [3.8, 4) is 0 Å². The Morgan fingerprint density at radius 1 is 1.24 bits per heavy atom. The third kappa shape index (κ3) is 5.14. The maximum absolute atomic E-state index is 12.4. The van der Waals surface area contributed by atoms with Crippen molar-refractivity contribution in [3.05, 3.63) is 35.9 Å². The van der Waals surface area contributed by atoms with E-state index in [1.165, 1.54) is 5.56 Å². The number of hydrogen-bond donors (Lipinski definition) is 1. The van der Waals surface area contributed by atoms with Crippen molar-refractivity contribution >= 4 is 5.91 Å². The molecular formula is C17H26N2O2. The van der Waals surface area contributed by atoms with Crippen molar-refractivity contribution in [2.75, 3.05) is 39.4 Å². The Kier molecular flexibility index (Phi) is 5.76. The normalized spacial score (nSPS) is 16.7. The van der Waals surface area contributed by atoms with Crippen molar-refractivity contribution in [1.82, 2.24) is 10.2 Å². The lowest BCUT2D eigenvalue weighted by Gasteiger charge is -2.28. The first-order valence-electron chi connectivity index (χ1n) is 7.70. The van der Waals surface area contributed by atoms with Gasteiger partial charge in [-0.1, -0.05) is 44.2 Å². The van der Waals surface area contributed by atoms with E-state index in [0.29, 0.717) is 6.54 Å². The van der Waals surface area contributed by atoms with E-state index in [-0.39, 0.29) is 11.3 Å². The second kappa shape index (κ2) is 7.57. The minimum Gasteiger partial charge on any atom is -0.379 e. The Morgan fingerprint density at radius 3 is 2.57 bits per heavy atom. The van der Waals surface area contributed by atoms with Gasteiger partial charge in [0.2, 0.25) is 5.91 Å². The first-order chi connectivity index (χ1) is 10.1. The molecule has 0 aromatic heterocycles. The molecule has 0 aliphatic carbocycles. The topological polar surface area (TPSA) is 41.6 Å². The zero-order valence-electron chi connectivity index (χ0n) is 13.1. The van der Waals surface area contributed by atoms with Crippen LogP contribution in [0.2, 0.25) is 0 Å². The second-order valence-electron chi connectivity index (χ2n) is 6.26. The molecule has 2 rings (SSSR count). The van der Waals surface area contributed by atoms with E-state index in [1.807, 2.05) is 32.0 Å². The molecule has 4 heteroatoms. The molecule has 0 bridgehead atoms. The van der Waals surface area contributed by atoms with Crippen LogP contribution >= 0.6 is 0 Å². The largest absolute Gasteiger partial charge is 0.379 e. The maximum atomic E-state index is 12.4. The van der Waals surface area contributed by atoms with Gasteiger partial charge in [0.05, 0.1) is 13.2 Å². The van der Waals surface area contributed by atoms with Crippen LogP contribution in [0.5, 0.6) is 0 Å². The second-order valence-corrected chi connectivity index (χ2v) is 6.26. The molecule has 1 amide bonds. The number of carbonyl (C=O) groups excluding carboxylic acids is 1. The van der Waals surface area contributed by atoms with E-state index in [9.17, 15) is 4.79 Å². The fraction of sp³-hybridized carbons (Fsp3) is 0.588. The summed E-state index contributed by atoms with van der Waals surface area (Å²) >= 11 is 0. The average molecular weight is 290 g/mol. The maximum Gasteiger partial charge on any atom is 0.226 e. The van der Waals surface area contributed by atoms with Gasteiger partial charge in [-0.2, -0.15) is 0 Å². The predicted octanol–water partition coefficient (Wildman–Crippen LogP) is 1.70. The van der Waals surface area contributed by atoms with Crippen LogP contribution in [0, 0.1) is 5.41 Å². The fourth-order valence-corrected chi connectivity index (χ4v) is 2.58. The highest BCUT2D eigenvalue weighted by Crippen LogP contribution is 2.21. The first-order valence-corrected chi connectivity index (χ1v) is 7.70. The molecule has 1 aliphatic rings. The van der Waals surface area contributed by atoms with Gasteiger partial charge in [-0.3, -0.25) is 9.69 Å². The van der Waals surface area contributed by atoms with Crippen LogP contribution in [0.1, 0.15) is 19.4 Å². The molecule has 1 heterocycles. The zero-order chi connectivity index (χ0) is 15.1. The van der Waals surface area contributed by atoms with Crippen LogP contribution in [-0.2, 0) is 16.0 Å². The number of morpholine rings is 1. The summed E-state index contributed by atoms with van der Waals surface area (Å²) in [4.78, 5) is 14.7. The lowest BCUT2D eigenvalue weighted by Crippen LogP contribution is -2.44. The summed E-state index contributed by atoms with van der Waals surface area (Å²) in [5.41, 5.74) is 0.817. The van der Waals surface area contributed by atoms with Gasteiger partial charge >= 0.3 is 0 Å². The van der Waals surface area contributed by atoms with Crippen LogP contribution in [0.4, 0.5) is 0 Å². The highest BCUT2D eigenvalue weighted by molar-refractivity contribution is 5.82. The number of benzene rings is 1. The molecule has 1 aromatic rings. The molecule has 0 radical (unpaired) electrons. The smallest absolute Gasteiger partial charge is 0.226 e. The summed E-state index contributed by atoms with van der Waals surface area (Å²) in [6, 6.07) is 10.2. The number of rotatable bonds is 6. The molecular weight excluding hydrogens is 264 g/mol. The monoisotopic (exact) mass is 290 g/mol. The van der Waals surface area contributed by atoms with E-state index in [2.05, 4.69) is 22.3 Å². The fourth-order valence-electron chi connectivity index (χ4n) is 2.58. The molecule has 116 valence electrons. The molecule has 21 heavy (non-hydrogen) atoms. The number of nitrogens with one attached hydrogen (secondary N) is 1.